The van der Waals surface area contributed by atoms with Crippen molar-refractivity contribution in [3.05, 3.63) is 53.6 Å². The number of carbonyl (C=O) groups excluding carboxylic acids is 1. The number of likely N-dealkylation sites (N-methyl/N-ethyl adjacent to an activating group) is 1. The van der Waals surface area contributed by atoms with Crippen LogP contribution in [0.5, 0.6) is 0 Å². The van der Waals surface area contributed by atoms with Crippen LogP contribution in [0.15, 0.2) is 47.4 Å². The summed E-state index contributed by atoms with van der Waals surface area (Å²) in [5, 5.41) is 6.47. The minimum absolute atomic E-state index is 0.0135. The van der Waals surface area contributed by atoms with Crippen molar-refractivity contribution in [2.24, 2.45) is 0 Å². The molecule has 2 aromatic carbocycles. The molecule has 1 heterocycles. The maximum Gasteiger partial charge on any atom is 0.238 e. The van der Waals surface area contributed by atoms with Crippen LogP contribution in [0.2, 0.25) is 0 Å². The fourth-order valence-electron chi connectivity index (χ4n) is 3.07. The van der Waals surface area contributed by atoms with Crippen molar-refractivity contribution < 1.29 is 4.79 Å². The summed E-state index contributed by atoms with van der Waals surface area (Å²) in [4.78, 5) is 15.5. The normalized spacial score (nSPS) is 12.8. The van der Waals surface area contributed by atoms with Gasteiger partial charge in [0.1, 0.15) is 0 Å². The number of hydrogen-bond donors (Lipinski definition) is 2. The molecule has 5 heteroatoms. The monoisotopic (exact) mass is 341 g/mol. The molecule has 4 nitrogen and oxygen atoms in total. The SMILES string of the molecule is CSc1ccccc1NC(=O)CN(C)Cc1cccc2c1NCC2. The van der Waals surface area contributed by atoms with Crippen LogP contribution in [0, 0.1) is 0 Å². The fourth-order valence-corrected chi connectivity index (χ4v) is 3.63. The molecule has 0 radical (unpaired) electrons. The van der Waals surface area contributed by atoms with E-state index >= 15 is 0 Å². The summed E-state index contributed by atoms with van der Waals surface area (Å²) < 4.78 is 0. The lowest BCUT2D eigenvalue weighted by atomic mass is 10.1. The predicted octanol–water partition coefficient (Wildman–Crippen LogP) is 3.45. The number of fused-ring (bicyclic) bond motifs is 1. The molecule has 24 heavy (non-hydrogen) atoms. The Morgan fingerprint density at radius 2 is 2.08 bits per heavy atom. The number of para-hydroxylation sites is 2. The molecule has 1 amide bonds. The van der Waals surface area contributed by atoms with Crippen molar-refractivity contribution in [1.29, 1.82) is 0 Å². The summed E-state index contributed by atoms with van der Waals surface area (Å²) in [6.45, 7) is 2.13. The number of rotatable bonds is 6. The Hall–Kier alpha value is -1.98. The van der Waals surface area contributed by atoms with E-state index in [2.05, 4.69) is 28.8 Å². The third-order valence-electron chi connectivity index (χ3n) is 4.17. The fraction of sp³-hybridized carbons (Fsp3) is 0.316. The van der Waals surface area contributed by atoms with E-state index in [1.165, 1.54) is 16.8 Å². The van der Waals surface area contributed by atoms with Crippen LogP contribution in [0.3, 0.4) is 0 Å². The van der Waals surface area contributed by atoms with E-state index in [4.69, 9.17) is 0 Å². The maximum atomic E-state index is 12.3. The van der Waals surface area contributed by atoms with Gasteiger partial charge in [0.2, 0.25) is 5.91 Å². The van der Waals surface area contributed by atoms with E-state index in [1.54, 1.807) is 11.8 Å². The first-order valence-electron chi connectivity index (χ1n) is 8.13. The van der Waals surface area contributed by atoms with Gasteiger partial charge in [-0.2, -0.15) is 0 Å². The summed E-state index contributed by atoms with van der Waals surface area (Å²) in [5.74, 6) is 0.0135. The lowest BCUT2D eigenvalue weighted by Crippen LogP contribution is -2.30. The van der Waals surface area contributed by atoms with Gasteiger partial charge in [0, 0.05) is 23.7 Å². The zero-order valence-electron chi connectivity index (χ0n) is 14.1. The van der Waals surface area contributed by atoms with Crippen LogP contribution >= 0.6 is 11.8 Å². The molecule has 1 aliphatic rings. The van der Waals surface area contributed by atoms with Gasteiger partial charge in [0.25, 0.3) is 0 Å². The van der Waals surface area contributed by atoms with Gasteiger partial charge in [-0.3, -0.25) is 9.69 Å². The largest absolute Gasteiger partial charge is 0.384 e. The van der Waals surface area contributed by atoms with Crippen LogP contribution in [0.1, 0.15) is 11.1 Å². The second-order valence-corrected chi connectivity index (χ2v) is 6.90. The van der Waals surface area contributed by atoms with Crippen LogP contribution < -0.4 is 10.6 Å². The van der Waals surface area contributed by atoms with E-state index in [1.807, 2.05) is 42.5 Å². The van der Waals surface area contributed by atoms with E-state index in [0.29, 0.717) is 6.54 Å². The molecule has 0 atom stereocenters. The van der Waals surface area contributed by atoms with Crippen molar-refractivity contribution in [2.45, 2.75) is 17.9 Å². The number of nitrogens with one attached hydrogen (secondary N) is 2. The second-order valence-electron chi connectivity index (χ2n) is 6.05. The molecular formula is C19H23N3OS. The Morgan fingerprint density at radius 3 is 2.92 bits per heavy atom. The van der Waals surface area contributed by atoms with Crippen molar-refractivity contribution in [3.8, 4) is 0 Å². The number of benzene rings is 2. The van der Waals surface area contributed by atoms with Gasteiger partial charge >= 0.3 is 0 Å². The van der Waals surface area contributed by atoms with Gasteiger partial charge in [0.05, 0.1) is 12.2 Å². The van der Waals surface area contributed by atoms with Gasteiger partial charge in [0.15, 0.2) is 0 Å². The minimum atomic E-state index is 0.0135. The zero-order chi connectivity index (χ0) is 16.9. The van der Waals surface area contributed by atoms with Crippen molar-refractivity contribution >= 4 is 29.0 Å². The molecular weight excluding hydrogens is 318 g/mol. The lowest BCUT2D eigenvalue weighted by molar-refractivity contribution is -0.117. The quantitative estimate of drug-likeness (QED) is 0.790. The zero-order valence-corrected chi connectivity index (χ0v) is 15.0. The van der Waals surface area contributed by atoms with Crippen molar-refractivity contribution in [3.63, 3.8) is 0 Å². The first-order valence-corrected chi connectivity index (χ1v) is 9.36. The Balaban J connectivity index is 1.60. The summed E-state index contributed by atoms with van der Waals surface area (Å²) in [6.07, 6.45) is 3.10. The third kappa shape index (κ3) is 3.91. The van der Waals surface area contributed by atoms with E-state index in [-0.39, 0.29) is 5.91 Å². The molecule has 1 aliphatic heterocycles. The first kappa shape index (κ1) is 16.9. The van der Waals surface area contributed by atoms with Crippen LogP contribution in [0.25, 0.3) is 0 Å². The molecule has 0 aromatic heterocycles. The topological polar surface area (TPSA) is 44.4 Å². The van der Waals surface area contributed by atoms with Crippen molar-refractivity contribution in [1.82, 2.24) is 4.90 Å². The molecule has 0 bridgehead atoms. The number of nitrogens with zero attached hydrogens (tertiary/aromatic N) is 1. The maximum absolute atomic E-state index is 12.3. The highest BCUT2D eigenvalue weighted by Gasteiger charge is 2.16. The number of amides is 1. The summed E-state index contributed by atoms with van der Waals surface area (Å²) in [5.41, 5.74) is 4.76. The summed E-state index contributed by atoms with van der Waals surface area (Å²) in [7, 11) is 1.98. The highest BCUT2D eigenvalue weighted by atomic mass is 32.2. The highest BCUT2D eigenvalue weighted by molar-refractivity contribution is 7.98. The minimum Gasteiger partial charge on any atom is -0.384 e. The Morgan fingerprint density at radius 1 is 1.25 bits per heavy atom. The Bertz CT molecular complexity index is 732. The number of anilines is 2. The predicted molar refractivity (Wildman–Crippen MR) is 102 cm³/mol. The van der Waals surface area contributed by atoms with Crippen molar-refractivity contribution in [2.75, 3.05) is 37.0 Å². The average Bonchev–Trinajstić information content (AvgIpc) is 3.05. The van der Waals surface area contributed by atoms with Gasteiger partial charge in [-0.05, 0) is 43.0 Å². The molecule has 126 valence electrons. The molecule has 0 fully saturated rings. The number of hydrogen-bond acceptors (Lipinski definition) is 4. The summed E-state index contributed by atoms with van der Waals surface area (Å²) in [6, 6.07) is 14.3. The van der Waals surface area contributed by atoms with E-state index < -0.39 is 0 Å². The molecule has 0 saturated heterocycles. The van der Waals surface area contributed by atoms with Gasteiger partial charge < -0.3 is 10.6 Å². The standard InChI is InChI=1S/C19H23N3OS/c1-22(12-15-7-5-6-14-10-11-20-19(14)15)13-18(23)21-16-8-3-4-9-17(16)24-2/h3-9,20H,10-13H2,1-2H3,(H,21,23). The van der Waals surface area contributed by atoms with Gasteiger partial charge in [-0.15, -0.1) is 11.8 Å². The molecule has 0 aliphatic carbocycles. The first-order chi connectivity index (χ1) is 11.7. The lowest BCUT2D eigenvalue weighted by Gasteiger charge is -2.19. The second kappa shape index (κ2) is 7.73. The molecule has 2 N–H and O–H groups in total. The third-order valence-corrected chi connectivity index (χ3v) is 4.96. The van der Waals surface area contributed by atoms with Gasteiger partial charge in [-0.1, -0.05) is 30.3 Å². The molecule has 0 unspecified atom stereocenters. The molecule has 3 rings (SSSR count). The number of thioether (sulfide) groups is 1. The molecule has 0 saturated carbocycles. The van der Waals surface area contributed by atoms with Gasteiger partial charge in [-0.25, -0.2) is 0 Å². The average molecular weight is 341 g/mol. The smallest absolute Gasteiger partial charge is 0.238 e. The Labute approximate surface area is 147 Å². The van der Waals surface area contributed by atoms with Crippen LogP contribution in [-0.2, 0) is 17.8 Å². The summed E-state index contributed by atoms with van der Waals surface area (Å²) >= 11 is 1.64. The van der Waals surface area contributed by atoms with E-state index in [0.717, 1.165) is 30.1 Å². The highest BCUT2D eigenvalue weighted by Crippen LogP contribution is 2.27. The molecule has 2 aromatic rings. The van der Waals surface area contributed by atoms with E-state index in [9.17, 15) is 4.79 Å². The Kier molecular flexibility index (Phi) is 5.43. The number of carbonyl (C=O) groups is 1. The van der Waals surface area contributed by atoms with Crippen LogP contribution in [0.4, 0.5) is 11.4 Å². The van der Waals surface area contributed by atoms with Crippen LogP contribution in [-0.4, -0.2) is 37.2 Å². The molecule has 0 spiro atoms.